The fourth-order valence-electron chi connectivity index (χ4n) is 1.76. The number of hydrogen-bond donors (Lipinski definition) is 1. The van der Waals surface area contributed by atoms with Crippen LogP contribution in [-0.4, -0.2) is 0 Å². The van der Waals surface area contributed by atoms with E-state index in [-0.39, 0.29) is 0 Å². The maximum atomic E-state index is 13.1. The Morgan fingerprint density at radius 1 is 1.24 bits per heavy atom. The van der Waals surface area contributed by atoms with Gasteiger partial charge in [0, 0.05) is 22.9 Å². The molecule has 0 radical (unpaired) electrons. The molecule has 90 valence electrons. The molecule has 1 aromatic heterocycles. The van der Waals surface area contributed by atoms with Crippen LogP contribution < -0.4 is 5.73 Å². The van der Waals surface area contributed by atoms with Crippen LogP contribution in [0.5, 0.6) is 0 Å². The third kappa shape index (κ3) is 2.90. The molecule has 0 saturated heterocycles. The number of benzene rings is 1. The van der Waals surface area contributed by atoms with Crippen molar-refractivity contribution in [1.29, 1.82) is 0 Å². The number of thiophene rings is 1. The normalized spacial score (nSPS) is 14.6. The Morgan fingerprint density at radius 2 is 1.88 bits per heavy atom. The summed E-state index contributed by atoms with van der Waals surface area (Å²) in [7, 11) is 0. The topological polar surface area (TPSA) is 26.0 Å². The molecular formula is C13H13F2NS. The van der Waals surface area contributed by atoms with E-state index in [1.807, 2.05) is 17.5 Å². The molecule has 2 N–H and O–H groups in total. The molecule has 0 aliphatic heterocycles. The minimum Gasteiger partial charge on any atom is -0.321 e. The third-order valence-corrected chi connectivity index (χ3v) is 3.52. The molecule has 0 aliphatic carbocycles. The van der Waals surface area contributed by atoms with E-state index >= 15 is 0 Å². The smallest absolute Gasteiger partial charge is 0.126 e. The van der Waals surface area contributed by atoms with E-state index in [2.05, 4.69) is 0 Å². The maximum Gasteiger partial charge on any atom is 0.126 e. The Labute approximate surface area is 103 Å². The first-order chi connectivity index (χ1) is 7.97. The van der Waals surface area contributed by atoms with Gasteiger partial charge in [-0.25, -0.2) is 8.78 Å². The average molecular weight is 253 g/mol. The first-order valence-electron chi connectivity index (χ1n) is 5.25. The predicted molar refractivity (Wildman–Crippen MR) is 65.9 cm³/mol. The fraction of sp³-hybridized carbons (Fsp3) is 0.231. The molecule has 0 fully saturated rings. The molecule has 1 aromatic carbocycles. The van der Waals surface area contributed by atoms with Gasteiger partial charge >= 0.3 is 0 Å². The first-order valence-corrected chi connectivity index (χ1v) is 6.13. The van der Waals surface area contributed by atoms with E-state index in [0.717, 1.165) is 10.9 Å². The van der Waals surface area contributed by atoms with Crippen molar-refractivity contribution in [3.63, 3.8) is 0 Å². The molecule has 0 amide bonds. The number of hydrogen-bond acceptors (Lipinski definition) is 2. The summed E-state index contributed by atoms with van der Waals surface area (Å²) >= 11 is 1.59. The van der Waals surface area contributed by atoms with Crippen molar-refractivity contribution in [3.05, 3.63) is 57.8 Å². The molecule has 2 rings (SSSR count). The van der Waals surface area contributed by atoms with Crippen molar-refractivity contribution < 1.29 is 8.78 Å². The molecule has 0 saturated carbocycles. The Hall–Kier alpha value is -1.26. The van der Waals surface area contributed by atoms with Gasteiger partial charge < -0.3 is 5.73 Å². The van der Waals surface area contributed by atoms with Crippen molar-refractivity contribution in [2.24, 2.45) is 5.73 Å². The van der Waals surface area contributed by atoms with Gasteiger partial charge in [-0.1, -0.05) is 6.07 Å². The second-order valence-corrected chi connectivity index (χ2v) is 5.36. The van der Waals surface area contributed by atoms with E-state index in [1.165, 1.54) is 12.1 Å². The molecule has 0 spiro atoms. The van der Waals surface area contributed by atoms with Crippen molar-refractivity contribution in [1.82, 2.24) is 0 Å². The quantitative estimate of drug-likeness (QED) is 0.891. The van der Waals surface area contributed by atoms with E-state index in [9.17, 15) is 8.78 Å². The second-order valence-electron chi connectivity index (χ2n) is 4.33. The van der Waals surface area contributed by atoms with E-state index in [1.54, 1.807) is 18.3 Å². The molecule has 1 nitrogen and oxygen atoms in total. The summed E-state index contributed by atoms with van der Waals surface area (Å²) < 4.78 is 26.3. The SMILES string of the molecule is CC(N)(Cc1cccs1)c1cc(F)cc(F)c1. The second kappa shape index (κ2) is 4.55. The standard InChI is InChI=1S/C13H13F2NS/c1-13(16,8-12-3-2-4-17-12)9-5-10(14)7-11(15)6-9/h2-7H,8,16H2,1H3. The van der Waals surface area contributed by atoms with Crippen LogP contribution in [0.25, 0.3) is 0 Å². The minimum atomic E-state index is -0.770. The van der Waals surface area contributed by atoms with Gasteiger partial charge in [0.05, 0.1) is 0 Å². The van der Waals surface area contributed by atoms with Crippen molar-refractivity contribution in [2.75, 3.05) is 0 Å². The lowest BCUT2D eigenvalue weighted by Crippen LogP contribution is -2.35. The molecule has 0 aliphatic rings. The lowest BCUT2D eigenvalue weighted by Gasteiger charge is -2.24. The van der Waals surface area contributed by atoms with Gasteiger partial charge in [-0.05, 0) is 36.1 Å². The van der Waals surface area contributed by atoms with Crippen molar-refractivity contribution >= 4 is 11.3 Å². The van der Waals surface area contributed by atoms with Gasteiger partial charge in [0.1, 0.15) is 11.6 Å². The molecule has 1 unspecified atom stereocenters. The lowest BCUT2D eigenvalue weighted by atomic mass is 9.89. The monoisotopic (exact) mass is 253 g/mol. The molecule has 1 heterocycles. The zero-order chi connectivity index (χ0) is 12.5. The molecule has 1 atom stereocenters. The third-order valence-electron chi connectivity index (χ3n) is 2.64. The minimum absolute atomic E-state index is 0.475. The first kappa shape index (κ1) is 12.2. The van der Waals surface area contributed by atoms with Crippen LogP contribution in [0.1, 0.15) is 17.4 Å². The number of nitrogens with two attached hydrogens (primary N) is 1. The van der Waals surface area contributed by atoms with Gasteiger partial charge in [-0.3, -0.25) is 0 Å². The predicted octanol–water partition coefficient (Wildman–Crippen LogP) is 3.44. The summed E-state index contributed by atoms with van der Waals surface area (Å²) in [5, 5.41) is 1.96. The number of rotatable bonds is 3. The van der Waals surface area contributed by atoms with Crippen molar-refractivity contribution in [3.8, 4) is 0 Å². The van der Waals surface area contributed by atoms with Crippen LogP contribution in [0.2, 0.25) is 0 Å². The Bertz CT molecular complexity index is 486. The van der Waals surface area contributed by atoms with Crippen LogP contribution in [0, 0.1) is 11.6 Å². The zero-order valence-corrected chi connectivity index (χ0v) is 10.2. The molecular weight excluding hydrogens is 240 g/mol. The van der Waals surface area contributed by atoms with Crippen LogP contribution in [0.4, 0.5) is 8.78 Å². The van der Waals surface area contributed by atoms with Gasteiger partial charge in [0.25, 0.3) is 0 Å². The summed E-state index contributed by atoms with van der Waals surface area (Å²) in [6.45, 7) is 1.78. The summed E-state index contributed by atoms with van der Waals surface area (Å²) in [5.74, 6) is -1.19. The van der Waals surface area contributed by atoms with Crippen LogP contribution in [0.3, 0.4) is 0 Å². The molecule has 4 heteroatoms. The molecule has 2 aromatic rings. The fourth-order valence-corrected chi connectivity index (χ4v) is 2.63. The van der Waals surface area contributed by atoms with Gasteiger partial charge in [-0.15, -0.1) is 11.3 Å². The lowest BCUT2D eigenvalue weighted by molar-refractivity contribution is 0.482. The summed E-state index contributed by atoms with van der Waals surface area (Å²) in [4.78, 5) is 1.10. The number of halogens is 2. The summed E-state index contributed by atoms with van der Waals surface area (Å²) in [6.07, 6.45) is 0.563. The largest absolute Gasteiger partial charge is 0.321 e. The van der Waals surface area contributed by atoms with Gasteiger partial charge in [0.15, 0.2) is 0 Å². The molecule has 0 bridgehead atoms. The maximum absolute atomic E-state index is 13.1. The highest BCUT2D eigenvalue weighted by Gasteiger charge is 2.23. The van der Waals surface area contributed by atoms with E-state index in [4.69, 9.17) is 5.73 Å². The van der Waals surface area contributed by atoms with Crippen molar-refractivity contribution in [2.45, 2.75) is 18.9 Å². The summed E-state index contributed by atoms with van der Waals surface area (Å²) in [6, 6.07) is 7.33. The molecule has 17 heavy (non-hydrogen) atoms. The highest BCUT2D eigenvalue weighted by atomic mass is 32.1. The highest BCUT2D eigenvalue weighted by Crippen LogP contribution is 2.26. The Kier molecular flexibility index (Phi) is 3.26. The van der Waals surface area contributed by atoms with E-state index in [0.29, 0.717) is 12.0 Å². The zero-order valence-electron chi connectivity index (χ0n) is 9.41. The highest BCUT2D eigenvalue weighted by molar-refractivity contribution is 7.09. The Balaban J connectivity index is 2.30. The van der Waals surface area contributed by atoms with Gasteiger partial charge in [-0.2, -0.15) is 0 Å². The average Bonchev–Trinajstić information content (AvgIpc) is 2.68. The van der Waals surface area contributed by atoms with E-state index < -0.39 is 17.2 Å². The Morgan fingerprint density at radius 3 is 2.41 bits per heavy atom. The van der Waals surface area contributed by atoms with Gasteiger partial charge in [0.2, 0.25) is 0 Å². The van der Waals surface area contributed by atoms with Crippen LogP contribution in [-0.2, 0) is 12.0 Å². The van der Waals surface area contributed by atoms with Crippen LogP contribution >= 0.6 is 11.3 Å². The van der Waals surface area contributed by atoms with Crippen LogP contribution in [0.15, 0.2) is 35.7 Å². The summed E-state index contributed by atoms with van der Waals surface area (Å²) in [5.41, 5.74) is 5.85.